The molecule has 0 aromatic heterocycles. The molecule has 0 saturated heterocycles. The number of ether oxygens (including phenoxy) is 2. The summed E-state index contributed by atoms with van der Waals surface area (Å²) in [6, 6.07) is 17.4. The minimum absolute atomic E-state index is 0.0520. The molecule has 0 fully saturated rings. The Morgan fingerprint density at radius 3 is 2.38 bits per heavy atom. The molecule has 0 bridgehead atoms. The molecule has 0 spiro atoms. The smallest absolute Gasteiger partial charge is 0.325 e. The Morgan fingerprint density at radius 1 is 1.04 bits per heavy atom. The van der Waals surface area contributed by atoms with Gasteiger partial charge in [-0.05, 0) is 30.2 Å². The fraction of sp³-hybridized carbons (Fsp3) is 0.263. The predicted octanol–water partition coefficient (Wildman–Crippen LogP) is 2.79. The Balaban J connectivity index is 1.86. The minimum Gasteiger partial charge on any atom is -0.489 e. The van der Waals surface area contributed by atoms with Crippen molar-refractivity contribution in [2.45, 2.75) is 20.1 Å². The van der Waals surface area contributed by atoms with Gasteiger partial charge < -0.3 is 14.4 Å². The third-order valence-corrected chi connectivity index (χ3v) is 3.34. The Labute approximate surface area is 141 Å². The predicted molar refractivity (Wildman–Crippen MR) is 90.3 cm³/mol. The number of carbonyl (C=O) groups excluding carboxylic acids is 2. The number of nitrogens with zero attached hydrogens (tertiary/aromatic N) is 1. The van der Waals surface area contributed by atoms with Gasteiger partial charge in [0.05, 0.1) is 6.61 Å². The first kappa shape index (κ1) is 17.5. The van der Waals surface area contributed by atoms with E-state index in [0.29, 0.717) is 26.2 Å². The van der Waals surface area contributed by atoms with Crippen LogP contribution in [0.5, 0.6) is 5.75 Å². The number of benzene rings is 2. The number of carbonyl (C=O) groups is 2. The lowest BCUT2D eigenvalue weighted by Gasteiger charge is -2.16. The van der Waals surface area contributed by atoms with Crippen molar-refractivity contribution in [1.29, 1.82) is 0 Å². The van der Waals surface area contributed by atoms with Crippen LogP contribution in [0.4, 0.5) is 0 Å². The van der Waals surface area contributed by atoms with Crippen molar-refractivity contribution in [2.24, 2.45) is 0 Å². The molecule has 0 unspecified atom stereocenters. The van der Waals surface area contributed by atoms with E-state index in [0.717, 1.165) is 16.9 Å². The summed E-state index contributed by atoms with van der Waals surface area (Å²) in [4.78, 5) is 23.9. The van der Waals surface area contributed by atoms with E-state index in [1.165, 1.54) is 4.90 Å². The van der Waals surface area contributed by atoms with Crippen molar-refractivity contribution in [2.75, 3.05) is 13.2 Å². The molecule has 0 saturated carbocycles. The van der Waals surface area contributed by atoms with Crippen molar-refractivity contribution in [3.05, 3.63) is 65.7 Å². The topological polar surface area (TPSA) is 55.8 Å². The Kier molecular flexibility index (Phi) is 6.83. The fourth-order valence-corrected chi connectivity index (χ4v) is 2.17. The molecular weight excluding hydrogens is 306 g/mol. The van der Waals surface area contributed by atoms with Crippen molar-refractivity contribution in [3.63, 3.8) is 0 Å². The third kappa shape index (κ3) is 5.76. The van der Waals surface area contributed by atoms with Crippen molar-refractivity contribution < 1.29 is 19.1 Å². The lowest BCUT2D eigenvalue weighted by atomic mass is 10.2. The lowest BCUT2D eigenvalue weighted by molar-refractivity contribution is -0.146. The van der Waals surface area contributed by atoms with Crippen LogP contribution in [0.25, 0.3) is 0 Å². The highest BCUT2D eigenvalue weighted by atomic mass is 16.5. The largest absolute Gasteiger partial charge is 0.489 e. The first-order chi connectivity index (χ1) is 11.7. The molecule has 0 aliphatic carbocycles. The van der Waals surface area contributed by atoms with Crippen molar-refractivity contribution in [3.8, 4) is 5.75 Å². The summed E-state index contributed by atoms with van der Waals surface area (Å²) in [6.07, 6.45) is 0.650. The zero-order valence-electron chi connectivity index (χ0n) is 13.7. The van der Waals surface area contributed by atoms with E-state index >= 15 is 0 Å². The van der Waals surface area contributed by atoms with E-state index in [1.54, 1.807) is 6.92 Å². The van der Waals surface area contributed by atoms with E-state index in [1.807, 2.05) is 54.6 Å². The Morgan fingerprint density at radius 2 is 1.75 bits per heavy atom. The minimum atomic E-state index is -0.410. The normalized spacial score (nSPS) is 10.0. The quantitative estimate of drug-likeness (QED) is 0.525. The van der Waals surface area contributed by atoms with Crippen LogP contribution >= 0.6 is 0 Å². The number of hydrogen-bond acceptors (Lipinski definition) is 4. The maximum Gasteiger partial charge on any atom is 0.325 e. The first-order valence-electron chi connectivity index (χ1n) is 7.82. The van der Waals surface area contributed by atoms with Gasteiger partial charge in [0.25, 0.3) is 0 Å². The van der Waals surface area contributed by atoms with Crippen LogP contribution in [0.3, 0.4) is 0 Å². The summed E-state index contributed by atoms with van der Waals surface area (Å²) in [5, 5.41) is 0. The fourth-order valence-electron chi connectivity index (χ4n) is 2.17. The molecule has 2 rings (SSSR count). The molecule has 0 heterocycles. The van der Waals surface area contributed by atoms with Crippen LogP contribution in [0.1, 0.15) is 18.1 Å². The summed E-state index contributed by atoms with van der Waals surface area (Å²) in [6.45, 7) is 2.84. The number of esters is 1. The Hall–Kier alpha value is -2.82. The van der Waals surface area contributed by atoms with Gasteiger partial charge in [-0.1, -0.05) is 42.5 Å². The van der Waals surface area contributed by atoms with E-state index in [4.69, 9.17) is 9.47 Å². The molecule has 0 radical (unpaired) electrons. The number of hydrogen-bond donors (Lipinski definition) is 0. The van der Waals surface area contributed by atoms with Gasteiger partial charge >= 0.3 is 5.97 Å². The van der Waals surface area contributed by atoms with Gasteiger partial charge in [0, 0.05) is 6.54 Å². The molecule has 0 atom stereocenters. The Bertz CT molecular complexity index is 640. The van der Waals surface area contributed by atoms with Gasteiger partial charge in [0.1, 0.15) is 18.9 Å². The van der Waals surface area contributed by atoms with E-state index < -0.39 is 5.97 Å². The summed E-state index contributed by atoms with van der Waals surface area (Å²) < 4.78 is 10.6. The zero-order valence-corrected chi connectivity index (χ0v) is 13.7. The second kappa shape index (κ2) is 9.35. The van der Waals surface area contributed by atoms with Crippen LogP contribution in [-0.2, 0) is 27.5 Å². The van der Waals surface area contributed by atoms with Gasteiger partial charge in [-0.3, -0.25) is 9.59 Å². The lowest BCUT2D eigenvalue weighted by Crippen LogP contribution is -2.29. The average molecular weight is 327 g/mol. The highest BCUT2D eigenvalue weighted by molar-refractivity contribution is 5.74. The van der Waals surface area contributed by atoms with Gasteiger partial charge in [0.15, 0.2) is 0 Å². The molecule has 0 aliphatic rings. The molecule has 2 aromatic rings. The van der Waals surface area contributed by atoms with Gasteiger partial charge in [-0.25, -0.2) is 0 Å². The SMILES string of the molecule is CCOC(=O)CN(C=O)Cc1ccc(OCc2ccccc2)cc1. The van der Waals surface area contributed by atoms with Crippen LogP contribution in [0, 0.1) is 0 Å². The number of amides is 1. The van der Waals surface area contributed by atoms with Gasteiger partial charge in [-0.2, -0.15) is 0 Å². The molecule has 5 heteroatoms. The maximum absolute atomic E-state index is 11.4. The zero-order chi connectivity index (χ0) is 17.2. The van der Waals surface area contributed by atoms with Crippen LogP contribution in [-0.4, -0.2) is 30.4 Å². The molecule has 126 valence electrons. The summed E-state index contributed by atoms with van der Waals surface area (Å²) in [7, 11) is 0. The van der Waals surface area contributed by atoms with Gasteiger partial charge in [-0.15, -0.1) is 0 Å². The molecule has 0 aliphatic heterocycles. The monoisotopic (exact) mass is 327 g/mol. The average Bonchev–Trinajstić information content (AvgIpc) is 2.61. The standard InChI is InChI=1S/C19H21NO4/c1-2-23-19(22)13-20(15-21)12-16-8-10-18(11-9-16)24-14-17-6-4-3-5-7-17/h3-11,15H,2,12-14H2,1H3. The molecular formula is C19H21NO4. The summed E-state index contributed by atoms with van der Waals surface area (Å²) >= 11 is 0. The van der Waals surface area contributed by atoms with Crippen LogP contribution in [0.2, 0.25) is 0 Å². The maximum atomic E-state index is 11.4. The highest BCUT2D eigenvalue weighted by Crippen LogP contribution is 2.15. The second-order valence-electron chi connectivity index (χ2n) is 5.23. The number of rotatable bonds is 9. The van der Waals surface area contributed by atoms with E-state index in [2.05, 4.69) is 0 Å². The highest BCUT2D eigenvalue weighted by Gasteiger charge is 2.10. The van der Waals surface area contributed by atoms with Crippen LogP contribution < -0.4 is 4.74 Å². The first-order valence-corrected chi connectivity index (χ1v) is 7.82. The second-order valence-corrected chi connectivity index (χ2v) is 5.23. The van der Waals surface area contributed by atoms with Gasteiger partial charge in [0.2, 0.25) is 6.41 Å². The molecule has 1 amide bonds. The molecule has 0 N–H and O–H groups in total. The van der Waals surface area contributed by atoms with Crippen molar-refractivity contribution >= 4 is 12.4 Å². The molecule has 2 aromatic carbocycles. The summed E-state index contributed by atoms with van der Waals surface area (Å²) in [5.74, 6) is 0.345. The van der Waals surface area contributed by atoms with E-state index in [9.17, 15) is 9.59 Å². The summed E-state index contributed by atoms with van der Waals surface area (Å²) in [5.41, 5.74) is 2.02. The van der Waals surface area contributed by atoms with Crippen LogP contribution in [0.15, 0.2) is 54.6 Å². The van der Waals surface area contributed by atoms with E-state index in [-0.39, 0.29) is 6.54 Å². The molecule has 24 heavy (non-hydrogen) atoms. The molecule has 5 nitrogen and oxygen atoms in total. The third-order valence-electron chi connectivity index (χ3n) is 3.34. The van der Waals surface area contributed by atoms with Crippen molar-refractivity contribution in [1.82, 2.24) is 4.90 Å².